The molecular weight excluding hydrogens is 362 g/mol. The molecule has 1 aromatic rings. The molecule has 2 heterocycles. The van der Waals surface area contributed by atoms with Crippen LogP contribution in [-0.4, -0.2) is 46.9 Å². The number of carbonyl (C=O) groups excluding carboxylic acids is 1. The predicted molar refractivity (Wildman–Crippen MR) is 107 cm³/mol. The largest absolute Gasteiger partial charge is 0.486 e. The van der Waals surface area contributed by atoms with Crippen molar-refractivity contribution in [2.24, 2.45) is 0 Å². The smallest absolute Gasteiger partial charge is 0.414 e. The molecule has 0 spiro atoms. The molecule has 0 aromatic heterocycles. The number of carbonyl (C=O) groups is 1. The summed E-state index contributed by atoms with van der Waals surface area (Å²) in [6, 6.07) is 5.56. The second-order valence-corrected chi connectivity index (χ2v) is 13.5. The molecule has 1 saturated heterocycles. The van der Waals surface area contributed by atoms with E-state index in [1.807, 2.05) is 18.2 Å². The van der Waals surface area contributed by atoms with Gasteiger partial charge in [-0.05, 0) is 43.1 Å². The number of hydrogen-bond acceptors (Lipinski definition) is 5. The topological polar surface area (TPSA) is 57.2 Å². The summed E-state index contributed by atoms with van der Waals surface area (Å²) in [6.45, 7) is 13.6. The van der Waals surface area contributed by atoms with Crippen LogP contribution in [0.25, 0.3) is 0 Å². The maximum Gasteiger partial charge on any atom is 0.414 e. The van der Waals surface area contributed by atoms with Crippen molar-refractivity contribution in [3.8, 4) is 11.5 Å². The standard InChI is InChI=1S/C20H31NO5Si/c1-20(2,3)27(4,5)25-10-6-7-16-14-21(19(22)26-16)15-8-9-17-18(13-15)24-12-11-23-17/h8-9,13,16H,6-7,10-12,14H2,1-5H3. The van der Waals surface area contributed by atoms with Crippen molar-refractivity contribution in [2.45, 2.75) is 57.8 Å². The molecule has 3 rings (SSSR count). The van der Waals surface area contributed by atoms with Gasteiger partial charge < -0.3 is 18.6 Å². The van der Waals surface area contributed by atoms with Crippen LogP contribution in [0, 0.1) is 0 Å². The summed E-state index contributed by atoms with van der Waals surface area (Å²) in [5.41, 5.74) is 0.782. The third-order valence-electron chi connectivity index (χ3n) is 5.65. The highest BCUT2D eigenvalue weighted by atomic mass is 28.4. The van der Waals surface area contributed by atoms with Crippen molar-refractivity contribution in [1.29, 1.82) is 0 Å². The van der Waals surface area contributed by atoms with Gasteiger partial charge in [0.05, 0.1) is 12.2 Å². The van der Waals surface area contributed by atoms with Gasteiger partial charge in [0.25, 0.3) is 0 Å². The van der Waals surface area contributed by atoms with E-state index in [1.165, 1.54) is 0 Å². The number of cyclic esters (lactones) is 1. The van der Waals surface area contributed by atoms with Crippen LogP contribution >= 0.6 is 0 Å². The zero-order valence-electron chi connectivity index (χ0n) is 17.0. The van der Waals surface area contributed by atoms with Gasteiger partial charge in [0.15, 0.2) is 19.8 Å². The second kappa shape index (κ2) is 7.71. The molecule has 1 amide bonds. The van der Waals surface area contributed by atoms with Crippen molar-refractivity contribution in [1.82, 2.24) is 0 Å². The normalized spacial score (nSPS) is 20.0. The molecular formula is C20H31NO5Si. The Balaban J connectivity index is 1.51. The molecule has 150 valence electrons. The lowest BCUT2D eigenvalue weighted by Crippen LogP contribution is -2.41. The lowest BCUT2D eigenvalue weighted by Gasteiger charge is -2.36. The fraction of sp³-hybridized carbons (Fsp3) is 0.650. The number of anilines is 1. The Morgan fingerprint density at radius 2 is 1.89 bits per heavy atom. The highest BCUT2D eigenvalue weighted by molar-refractivity contribution is 6.74. The fourth-order valence-electron chi connectivity index (χ4n) is 2.94. The van der Waals surface area contributed by atoms with Gasteiger partial charge >= 0.3 is 6.09 Å². The van der Waals surface area contributed by atoms with Crippen molar-refractivity contribution >= 4 is 20.1 Å². The van der Waals surface area contributed by atoms with Crippen LogP contribution in [0.4, 0.5) is 10.5 Å². The first-order chi connectivity index (χ1) is 12.7. The molecule has 1 aromatic carbocycles. The highest BCUT2D eigenvalue weighted by Gasteiger charge is 2.37. The Morgan fingerprint density at radius 1 is 1.19 bits per heavy atom. The van der Waals surface area contributed by atoms with Gasteiger partial charge in [-0.3, -0.25) is 4.90 Å². The van der Waals surface area contributed by atoms with Gasteiger partial charge in [0.1, 0.15) is 19.3 Å². The van der Waals surface area contributed by atoms with Crippen molar-refractivity contribution in [3.05, 3.63) is 18.2 Å². The third kappa shape index (κ3) is 4.58. The van der Waals surface area contributed by atoms with Gasteiger partial charge in [-0.1, -0.05) is 20.8 Å². The minimum atomic E-state index is -1.72. The molecule has 1 atom stereocenters. The summed E-state index contributed by atoms with van der Waals surface area (Å²) in [6.07, 6.45) is 1.29. The van der Waals surface area contributed by atoms with E-state index in [-0.39, 0.29) is 17.2 Å². The van der Waals surface area contributed by atoms with E-state index >= 15 is 0 Å². The van der Waals surface area contributed by atoms with Crippen LogP contribution < -0.4 is 14.4 Å². The molecule has 0 radical (unpaired) electrons. The van der Waals surface area contributed by atoms with Crippen molar-refractivity contribution < 1.29 is 23.4 Å². The van der Waals surface area contributed by atoms with Gasteiger partial charge in [-0.2, -0.15) is 0 Å². The second-order valence-electron chi connectivity index (χ2n) is 8.70. The molecule has 7 heteroatoms. The molecule has 1 fully saturated rings. The van der Waals surface area contributed by atoms with Crippen molar-refractivity contribution in [3.63, 3.8) is 0 Å². The maximum absolute atomic E-state index is 12.3. The highest BCUT2D eigenvalue weighted by Crippen LogP contribution is 2.37. The molecule has 0 aliphatic carbocycles. The third-order valence-corrected chi connectivity index (χ3v) is 10.2. The summed E-state index contributed by atoms with van der Waals surface area (Å²) < 4.78 is 22.9. The summed E-state index contributed by atoms with van der Waals surface area (Å²) >= 11 is 0. The van der Waals surface area contributed by atoms with E-state index in [1.54, 1.807) is 4.90 Å². The Hall–Kier alpha value is -1.73. The Morgan fingerprint density at radius 3 is 2.59 bits per heavy atom. The minimum Gasteiger partial charge on any atom is -0.486 e. The average Bonchev–Trinajstić information content (AvgIpc) is 2.98. The van der Waals surface area contributed by atoms with Crippen LogP contribution in [0.3, 0.4) is 0 Å². The maximum atomic E-state index is 12.3. The van der Waals surface area contributed by atoms with Crippen LogP contribution in [0.5, 0.6) is 11.5 Å². The first-order valence-electron chi connectivity index (χ1n) is 9.69. The zero-order valence-corrected chi connectivity index (χ0v) is 18.0. The van der Waals surface area contributed by atoms with Gasteiger partial charge in [-0.15, -0.1) is 0 Å². The summed E-state index contributed by atoms with van der Waals surface area (Å²) in [4.78, 5) is 13.9. The molecule has 2 aliphatic heterocycles. The molecule has 27 heavy (non-hydrogen) atoms. The zero-order chi connectivity index (χ0) is 19.7. The summed E-state index contributed by atoms with van der Waals surface area (Å²) in [5, 5.41) is 0.210. The van der Waals surface area contributed by atoms with E-state index in [9.17, 15) is 4.79 Å². The minimum absolute atomic E-state index is 0.103. The number of nitrogens with zero attached hydrogens (tertiary/aromatic N) is 1. The van der Waals surface area contributed by atoms with E-state index in [2.05, 4.69) is 33.9 Å². The van der Waals surface area contributed by atoms with Gasteiger partial charge in [0.2, 0.25) is 0 Å². The Bertz CT molecular complexity index is 685. The average molecular weight is 394 g/mol. The van der Waals surface area contributed by atoms with Crippen LogP contribution in [-0.2, 0) is 9.16 Å². The van der Waals surface area contributed by atoms with Crippen LogP contribution in [0.2, 0.25) is 18.1 Å². The van der Waals surface area contributed by atoms with Gasteiger partial charge in [-0.25, -0.2) is 4.79 Å². The number of rotatable bonds is 6. The molecule has 0 N–H and O–H groups in total. The molecule has 2 aliphatic rings. The Kier molecular flexibility index (Phi) is 5.72. The molecule has 0 bridgehead atoms. The van der Waals surface area contributed by atoms with E-state index in [4.69, 9.17) is 18.6 Å². The lowest BCUT2D eigenvalue weighted by molar-refractivity contribution is 0.131. The van der Waals surface area contributed by atoms with Gasteiger partial charge in [0, 0.05) is 12.7 Å². The number of fused-ring (bicyclic) bond motifs is 1. The lowest BCUT2D eigenvalue weighted by atomic mass is 10.2. The van der Waals surface area contributed by atoms with E-state index < -0.39 is 8.32 Å². The van der Waals surface area contributed by atoms with E-state index in [0.29, 0.717) is 32.1 Å². The van der Waals surface area contributed by atoms with E-state index in [0.717, 1.165) is 24.3 Å². The molecule has 1 unspecified atom stereocenters. The molecule has 0 saturated carbocycles. The number of benzene rings is 1. The number of ether oxygens (including phenoxy) is 3. The summed E-state index contributed by atoms with van der Waals surface area (Å²) in [7, 11) is -1.72. The number of amides is 1. The quantitative estimate of drug-likeness (QED) is 0.523. The van der Waals surface area contributed by atoms with Crippen LogP contribution in [0.1, 0.15) is 33.6 Å². The Labute approximate surface area is 162 Å². The first-order valence-corrected chi connectivity index (χ1v) is 12.6. The summed E-state index contributed by atoms with van der Waals surface area (Å²) in [5.74, 6) is 1.40. The molecule has 6 nitrogen and oxygen atoms in total. The van der Waals surface area contributed by atoms with Crippen molar-refractivity contribution in [2.75, 3.05) is 31.3 Å². The number of hydrogen-bond donors (Lipinski definition) is 0. The predicted octanol–water partition coefficient (Wildman–Crippen LogP) is 4.59. The fourth-order valence-corrected chi connectivity index (χ4v) is 4.03. The SMILES string of the molecule is CC(C)(C)[Si](C)(C)OCCCC1CN(c2ccc3c(c2)OCCO3)C(=O)O1. The monoisotopic (exact) mass is 393 g/mol. The first kappa shape index (κ1) is 20.0. The van der Waals surface area contributed by atoms with Crippen LogP contribution in [0.15, 0.2) is 18.2 Å².